The predicted octanol–water partition coefficient (Wildman–Crippen LogP) is 3.29. The van der Waals surface area contributed by atoms with Gasteiger partial charge in [0.25, 0.3) is 5.91 Å². The molecule has 1 N–H and O–H groups in total. The van der Waals surface area contributed by atoms with Crippen molar-refractivity contribution < 1.29 is 23.9 Å². The molecule has 0 aromatic heterocycles. The van der Waals surface area contributed by atoms with Crippen molar-refractivity contribution in [3.8, 4) is 5.75 Å². The summed E-state index contributed by atoms with van der Waals surface area (Å²) in [6, 6.07) is 6.99. The van der Waals surface area contributed by atoms with Gasteiger partial charge in [-0.3, -0.25) is 14.4 Å². The molecule has 6 nitrogen and oxygen atoms in total. The first-order valence-electron chi connectivity index (χ1n) is 9.69. The van der Waals surface area contributed by atoms with Crippen molar-refractivity contribution in [1.29, 1.82) is 0 Å². The number of esters is 1. The molecule has 0 saturated heterocycles. The first kappa shape index (κ1) is 20.9. The molecular weight excluding hydrogens is 346 g/mol. The number of Topliss-reactive ketones (excluding diaryl/α,β-unsaturated/α-hetero) is 1. The van der Waals surface area contributed by atoms with Crippen molar-refractivity contribution in [3.05, 3.63) is 29.8 Å². The highest BCUT2D eigenvalue weighted by molar-refractivity contribution is 5.97. The third-order valence-electron chi connectivity index (χ3n) is 4.79. The number of hydrogen-bond acceptors (Lipinski definition) is 5. The molecule has 6 heteroatoms. The zero-order valence-electron chi connectivity index (χ0n) is 16.2. The van der Waals surface area contributed by atoms with Crippen LogP contribution in [0.2, 0.25) is 0 Å². The average molecular weight is 375 g/mol. The Bertz CT molecular complexity index is 632. The van der Waals surface area contributed by atoms with Crippen molar-refractivity contribution >= 4 is 17.7 Å². The van der Waals surface area contributed by atoms with E-state index in [1.54, 1.807) is 24.3 Å². The van der Waals surface area contributed by atoms with Gasteiger partial charge in [0.1, 0.15) is 5.75 Å². The molecular formula is C21H29NO5. The number of hydrogen-bond donors (Lipinski definition) is 1. The molecule has 0 radical (unpaired) electrons. The number of ketones is 1. The van der Waals surface area contributed by atoms with E-state index in [0.717, 1.165) is 25.7 Å². The van der Waals surface area contributed by atoms with Crippen molar-refractivity contribution in [2.24, 2.45) is 5.92 Å². The van der Waals surface area contributed by atoms with Crippen LogP contribution in [0.1, 0.15) is 62.7 Å². The molecule has 0 spiro atoms. The van der Waals surface area contributed by atoms with Crippen LogP contribution in [0.4, 0.5) is 0 Å². The Hall–Kier alpha value is -2.37. The maximum absolute atomic E-state index is 12.1. The molecule has 0 bridgehead atoms. The van der Waals surface area contributed by atoms with E-state index in [1.165, 1.54) is 0 Å². The molecule has 0 atom stereocenters. The number of benzene rings is 1. The van der Waals surface area contributed by atoms with Gasteiger partial charge in [-0.05, 0) is 62.8 Å². The molecule has 1 saturated carbocycles. The van der Waals surface area contributed by atoms with Crippen molar-refractivity contribution in [2.45, 2.75) is 58.4 Å². The Kier molecular flexibility index (Phi) is 8.30. The third-order valence-corrected chi connectivity index (χ3v) is 4.79. The minimum atomic E-state index is -0.540. The van der Waals surface area contributed by atoms with E-state index in [1.807, 2.05) is 6.92 Å². The summed E-state index contributed by atoms with van der Waals surface area (Å²) in [5, 5.41) is 2.91. The second kappa shape index (κ2) is 10.7. The molecule has 1 aliphatic rings. The fourth-order valence-corrected chi connectivity index (χ4v) is 3.16. The summed E-state index contributed by atoms with van der Waals surface area (Å²) in [4.78, 5) is 35.8. The molecule has 1 aromatic carbocycles. The quantitative estimate of drug-likeness (QED) is 0.529. The second-order valence-corrected chi connectivity index (χ2v) is 7.07. The van der Waals surface area contributed by atoms with E-state index >= 15 is 0 Å². The Balaban J connectivity index is 1.65. The van der Waals surface area contributed by atoms with Crippen LogP contribution >= 0.6 is 0 Å². The highest BCUT2D eigenvalue weighted by Gasteiger charge is 2.20. The lowest BCUT2D eigenvalue weighted by molar-refractivity contribution is -0.148. The Morgan fingerprint density at radius 1 is 1.04 bits per heavy atom. The van der Waals surface area contributed by atoms with E-state index in [4.69, 9.17) is 9.47 Å². The predicted molar refractivity (Wildman–Crippen MR) is 102 cm³/mol. The van der Waals surface area contributed by atoms with Crippen LogP contribution in [0.5, 0.6) is 5.75 Å². The van der Waals surface area contributed by atoms with Crippen molar-refractivity contribution in [3.63, 3.8) is 0 Å². The molecule has 27 heavy (non-hydrogen) atoms. The molecule has 2 rings (SSSR count). The van der Waals surface area contributed by atoms with Crippen LogP contribution in [-0.4, -0.2) is 36.9 Å². The van der Waals surface area contributed by atoms with Gasteiger partial charge in [-0.2, -0.15) is 0 Å². The van der Waals surface area contributed by atoms with Gasteiger partial charge in [0.2, 0.25) is 0 Å². The van der Waals surface area contributed by atoms with Crippen LogP contribution in [0.25, 0.3) is 0 Å². The van der Waals surface area contributed by atoms with Gasteiger partial charge in [-0.1, -0.05) is 6.92 Å². The van der Waals surface area contributed by atoms with Gasteiger partial charge >= 0.3 is 5.97 Å². The SMILES string of the molecule is CCOc1ccc(C(=O)CCC(=O)OCC(=O)NC2CCC(C)CC2)cc1. The summed E-state index contributed by atoms with van der Waals surface area (Å²) < 4.78 is 10.3. The van der Waals surface area contributed by atoms with E-state index in [-0.39, 0.29) is 37.2 Å². The fraction of sp³-hybridized carbons (Fsp3) is 0.571. The van der Waals surface area contributed by atoms with Crippen LogP contribution in [0.3, 0.4) is 0 Å². The normalized spacial score (nSPS) is 19.2. The zero-order valence-corrected chi connectivity index (χ0v) is 16.2. The smallest absolute Gasteiger partial charge is 0.306 e. The highest BCUT2D eigenvalue weighted by atomic mass is 16.5. The van der Waals surface area contributed by atoms with Gasteiger partial charge in [0.15, 0.2) is 12.4 Å². The molecule has 0 heterocycles. The third kappa shape index (κ3) is 7.41. The molecule has 1 amide bonds. The molecule has 148 valence electrons. The minimum Gasteiger partial charge on any atom is -0.494 e. The minimum absolute atomic E-state index is 0.0414. The van der Waals surface area contributed by atoms with Crippen molar-refractivity contribution in [2.75, 3.05) is 13.2 Å². The first-order chi connectivity index (χ1) is 13.0. The van der Waals surface area contributed by atoms with Gasteiger partial charge < -0.3 is 14.8 Å². The van der Waals surface area contributed by atoms with E-state index in [9.17, 15) is 14.4 Å². The monoisotopic (exact) mass is 375 g/mol. The summed E-state index contributed by atoms with van der Waals surface area (Å²) in [7, 11) is 0. The average Bonchev–Trinajstić information content (AvgIpc) is 2.67. The lowest BCUT2D eigenvalue weighted by Gasteiger charge is -2.26. The van der Waals surface area contributed by atoms with Crippen LogP contribution in [-0.2, 0) is 14.3 Å². The number of amides is 1. The first-order valence-corrected chi connectivity index (χ1v) is 9.69. The van der Waals surface area contributed by atoms with Crippen LogP contribution < -0.4 is 10.1 Å². The maximum atomic E-state index is 12.1. The van der Waals surface area contributed by atoms with E-state index in [2.05, 4.69) is 12.2 Å². The summed E-state index contributed by atoms with van der Waals surface area (Å²) in [5.41, 5.74) is 0.524. The summed E-state index contributed by atoms with van der Waals surface area (Å²) >= 11 is 0. The fourth-order valence-electron chi connectivity index (χ4n) is 3.16. The number of ether oxygens (including phenoxy) is 2. The number of carbonyl (C=O) groups excluding carboxylic acids is 3. The molecule has 0 aliphatic heterocycles. The lowest BCUT2D eigenvalue weighted by atomic mass is 9.87. The Labute approximate surface area is 160 Å². The molecule has 1 aromatic rings. The molecule has 0 unspecified atom stereocenters. The van der Waals surface area contributed by atoms with Gasteiger partial charge in [-0.15, -0.1) is 0 Å². The van der Waals surface area contributed by atoms with Gasteiger partial charge in [0.05, 0.1) is 13.0 Å². The van der Waals surface area contributed by atoms with Crippen molar-refractivity contribution in [1.82, 2.24) is 5.32 Å². The topological polar surface area (TPSA) is 81.7 Å². The zero-order chi connectivity index (χ0) is 19.6. The second-order valence-electron chi connectivity index (χ2n) is 7.07. The number of carbonyl (C=O) groups is 3. The maximum Gasteiger partial charge on any atom is 0.306 e. The molecule has 1 aliphatic carbocycles. The number of rotatable bonds is 9. The standard InChI is InChI=1S/C21H29NO5/c1-3-26-18-10-6-16(7-11-18)19(23)12-13-21(25)27-14-20(24)22-17-8-4-15(2)5-9-17/h6-7,10-11,15,17H,3-5,8-9,12-14H2,1-2H3,(H,22,24). The van der Waals surface area contributed by atoms with Gasteiger partial charge in [0, 0.05) is 18.0 Å². The number of nitrogens with one attached hydrogen (secondary N) is 1. The van der Waals surface area contributed by atoms with Crippen LogP contribution in [0.15, 0.2) is 24.3 Å². The van der Waals surface area contributed by atoms with Crippen LogP contribution in [0, 0.1) is 5.92 Å². The Morgan fingerprint density at radius 2 is 1.70 bits per heavy atom. The van der Waals surface area contributed by atoms with E-state index < -0.39 is 5.97 Å². The van der Waals surface area contributed by atoms with Gasteiger partial charge in [-0.25, -0.2) is 0 Å². The Morgan fingerprint density at radius 3 is 2.33 bits per heavy atom. The largest absolute Gasteiger partial charge is 0.494 e. The molecule has 1 fully saturated rings. The highest BCUT2D eigenvalue weighted by Crippen LogP contribution is 2.23. The summed E-state index contributed by atoms with van der Waals surface area (Å²) in [6.45, 7) is 4.38. The lowest BCUT2D eigenvalue weighted by Crippen LogP contribution is -2.39. The van der Waals surface area contributed by atoms with E-state index in [0.29, 0.717) is 23.8 Å². The summed E-state index contributed by atoms with van der Waals surface area (Å²) in [6.07, 6.45) is 4.17. The summed E-state index contributed by atoms with van der Waals surface area (Å²) in [5.74, 6) is 0.453.